The van der Waals surface area contributed by atoms with Crippen LogP contribution in [0.4, 0.5) is 0 Å². The van der Waals surface area contributed by atoms with Crippen molar-refractivity contribution in [2.45, 2.75) is 109 Å². The Hall–Kier alpha value is -1.13. The molecule has 0 N–H and O–H groups in total. The van der Waals surface area contributed by atoms with Gasteiger partial charge >= 0.3 is 7.60 Å². The molecule has 3 atom stereocenters. The summed E-state index contributed by atoms with van der Waals surface area (Å²) in [6.45, 7) is 2.74. The Bertz CT molecular complexity index is 718. The standard InChI is InChI=1S/C28H47O5P/c1-4-5-6-7-8-9-10-11-12-13-14-15-16-17-27(28-22-23-34(29,31-3)33-28)32-24-25-18-20-26(30-2)21-19-25/h16-21,27-28H,4-15,22-24H2,1-3H3/b17-16+/t27-,28-,34?/m1/s1. The Morgan fingerprint density at radius 1 is 0.971 bits per heavy atom. The number of benzene rings is 1. The zero-order valence-electron chi connectivity index (χ0n) is 21.7. The van der Waals surface area contributed by atoms with Gasteiger partial charge in [0.2, 0.25) is 0 Å². The average Bonchev–Trinajstić information content (AvgIpc) is 3.26. The van der Waals surface area contributed by atoms with Crippen molar-refractivity contribution in [3.63, 3.8) is 0 Å². The highest BCUT2D eigenvalue weighted by Gasteiger charge is 2.39. The van der Waals surface area contributed by atoms with E-state index in [1.807, 2.05) is 24.3 Å². The molecular formula is C28H47O5P. The summed E-state index contributed by atoms with van der Waals surface area (Å²) in [6, 6.07) is 7.86. The van der Waals surface area contributed by atoms with E-state index < -0.39 is 7.60 Å². The predicted octanol–water partition coefficient (Wildman–Crippen LogP) is 8.47. The maximum Gasteiger partial charge on any atom is 0.330 e. The summed E-state index contributed by atoms with van der Waals surface area (Å²) in [5.41, 5.74) is 1.07. The maximum absolute atomic E-state index is 12.5. The van der Waals surface area contributed by atoms with Gasteiger partial charge in [0.15, 0.2) is 0 Å². The van der Waals surface area contributed by atoms with Crippen LogP contribution in [0.2, 0.25) is 0 Å². The minimum Gasteiger partial charge on any atom is -0.497 e. The second-order valence-corrected chi connectivity index (χ2v) is 11.6. The van der Waals surface area contributed by atoms with Gasteiger partial charge in [0.25, 0.3) is 0 Å². The summed E-state index contributed by atoms with van der Waals surface area (Å²) in [6.07, 6.45) is 20.8. The quantitative estimate of drug-likeness (QED) is 0.110. The van der Waals surface area contributed by atoms with Crippen molar-refractivity contribution in [2.24, 2.45) is 0 Å². The number of hydrogen-bond donors (Lipinski definition) is 0. The third-order valence-corrected chi connectivity index (χ3v) is 8.48. The van der Waals surface area contributed by atoms with Crippen molar-refractivity contribution >= 4 is 7.60 Å². The third kappa shape index (κ3) is 11.5. The van der Waals surface area contributed by atoms with Crippen LogP contribution < -0.4 is 4.74 Å². The van der Waals surface area contributed by atoms with Crippen molar-refractivity contribution in [1.29, 1.82) is 0 Å². The summed E-state index contributed by atoms with van der Waals surface area (Å²) in [7, 11) is 0.148. The minimum absolute atomic E-state index is 0.235. The predicted molar refractivity (Wildman–Crippen MR) is 141 cm³/mol. The van der Waals surface area contributed by atoms with Crippen LogP contribution in [-0.4, -0.2) is 32.6 Å². The topological polar surface area (TPSA) is 54.0 Å². The van der Waals surface area contributed by atoms with E-state index in [1.165, 1.54) is 77.7 Å². The van der Waals surface area contributed by atoms with Crippen LogP contribution in [0.1, 0.15) is 96.0 Å². The fraction of sp³-hybridized carbons (Fsp3) is 0.714. The van der Waals surface area contributed by atoms with Gasteiger partial charge in [-0.25, -0.2) is 0 Å². The lowest BCUT2D eigenvalue weighted by molar-refractivity contribution is -0.00275. The zero-order valence-corrected chi connectivity index (χ0v) is 22.6. The highest BCUT2D eigenvalue weighted by Crippen LogP contribution is 2.55. The van der Waals surface area contributed by atoms with Gasteiger partial charge in [0.05, 0.1) is 26.0 Å². The molecule has 0 bridgehead atoms. The van der Waals surface area contributed by atoms with Crippen molar-refractivity contribution in [2.75, 3.05) is 20.4 Å². The first kappa shape index (κ1) is 29.1. The van der Waals surface area contributed by atoms with E-state index in [0.717, 1.165) is 17.7 Å². The third-order valence-electron chi connectivity index (χ3n) is 6.53. The molecule has 0 aromatic heterocycles. The molecule has 1 heterocycles. The smallest absolute Gasteiger partial charge is 0.330 e. The molecule has 0 radical (unpaired) electrons. The van der Waals surface area contributed by atoms with E-state index in [2.05, 4.69) is 19.1 Å². The number of unbranched alkanes of at least 4 members (excludes halogenated alkanes) is 11. The molecule has 1 aromatic carbocycles. The van der Waals surface area contributed by atoms with Gasteiger partial charge in [-0.05, 0) is 37.0 Å². The van der Waals surface area contributed by atoms with Crippen LogP contribution in [0.25, 0.3) is 0 Å². The van der Waals surface area contributed by atoms with Gasteiger partial charge in [-0.2, -0.15) is 0 Å². The number of ether oxygens (including phenoxy) is 2. The van der Waals surface area contributed by atoms with Crippen molar-refractivity contribution in [1.82, 2.24) is 0 Å². The SMILES string of the molecule is CCCCCCCCCCCCC/C=C/[C@@H](OCc1ccc(OC)cc1)[C@H]1CCP(=O)(OC)O1. The molecule has 2 rings (SSSR count). The first-order chi connectivity index (χ1) is 16.6. The molecule has 0 aliphatic carbocycles. The first-order valence-electron chi connectivity index (χ1n) is 13.3. The maximum atomic E-state index is 12.5. The number of hydrogen-bond acceptors (Lipinski definition) is 5. The molecule has 0 spiro atoms. The molecule has 1 unspecified atom stereocenters. The lowest BCUT2D eigenvalue weighted by atomic mass is 10.0. The molecule has 194 valence electrons. The second kappa shape index (κ2) is 17.3. The molecule has 1 aliphatic heterocycles. The lowest BCUT2D eigenvalue weighted by Gasteiger charge is -2.21. The minimum atomic E-state index is -2.97. The Morgan fingerprint density at radius 3 is 2.15 bits per heavy atom. The Balaban J connectivity index is 1.69. The molecule has 0 amide bonds. The summed E-state index contributed by atoms with van der Waals surface area (Å²) >= 11 is 0. The molecule has 1 aromatic rings. The molecule has 6 heteroatoms. The van der Waals surface area contributed by atoms with Crippen LogP contribution in [0, 0.1) is 0 Å². The Kier molecular flexibility index (Phi) is 14.8. The van der Waals surface area contributed by atoms with Crippen LogP contribution in [0.5, 0.6) is 5.75 Å². The van der Waals surface area contributed by atoms with Gasteiger partial charge in [0, 0.05) is 7.11 Å². The monoisotopic (exact) mass is 494 g/mol. The first-order valence-corrected chi connectivity index (χ1v) is 15.1. The summed E-state index contributed by atoms with van der Waals surface area (Å²) in [5.74, 6) is 0.826. The average molecular weight is 495 g/mol. The largest absolute Gasteiger partial charge is 0.497 e. The van der Waals surface area contributed by atoms with Gasteiger partial charge < -0.3 is 18.5 Å². The fourth-order valence-corrected chi connectivity index (χ4v) is 5.90. The van der Waals surface area contributed by atoms with E-state index in [1.54, 1.807) is 7.11 Å². The molecule has 1 fully saturated rings. The van der Waals surface area contributed by atoms with E-state index in [9.17, 15) is 4.57 Å². The highest BCUT2D eigenvalue weighted by molar-refractivity contribution is 7.54. The fourth-order valence-electron chi connectivity index (χ4n) is 4.31. The number of methoxy groups -OCH3 is 1. The Morgan fingerprint density at radius 2 is 1.59 bits per heavy atom. The van der Waals surface area contributed by atoms with Gasteiger partial charge in [-0.1, -0.05) is 95.4 Å². The molecule has 5 nitrogen and oxygen atoms in total. The van der Waals surface area contributed by atoms with Crippen LogP contribution in [0.15, 0.2) is 36.4 Å². The lowest BCUT2D eigenvalue weighted by Crippen LogP contribution is -2.26. The van der Waals surface area contributed by atoms with Crippen molar-refractivity contribution in [3.8, 4) is 5.75 Å². The molecule has 34 heavy (non-hydrogen) atoms. The van der Waals surface area contributed by atoms with E-state index in [-0.39, 0.29) is 12.2 Å². The zero-order chi connectivity index (χ0) is 24.5. The normalized spacial score (nSPS) is 21.3. The van der Waals surface area contributed by atoms with Gasteiger partial charge in [-0.3, -0.25) is 4.57 Å². The van der Waals surface area contributed by atoms with Crippen molar-refractivity contribution < 1.29 is 23.1 Å². The van der Waals surface area contributed by atoms with Gasteiger partial charge in [0.1, 0.15) is 11.9 Å². The van der Waals surface area contributed by atoms with E-state index >= 15 is 0 Å². The van der Waals surface area contributed by atoms with Crippen LogP contribution in [-0.2, 0) is 25.0 Å². The molecule has 0 saturated carbocycles. The Labute approximate surface area is 208 Å². The molecule has 1 aliphatic rings. The second-order valence-electron chi connectivity index (χ2n) is 9.33. The number of rotatable bonds is 19. The molecule has 1 saturated heterocycles. The van der Waals surface area contributed by atoms with Crippen molar-refractivity contribution in [3.05, 3.63) is 42.0 Å². The highest BCUT2D eigenvalue weighted by atomic mass is 31.2. The summed E-state index contributed by atoms with van der Waals surface area (Å²) in [4.78, 5) is 0. The summed E-state index contributed by atoms with van der Waals surface area (Å²) in [5, 5.41) is 0. The van der Waals surface area contributed by atoms with Crippen LogP contribution in [0.3, 0.4) is 0 Å². The van der Waals surface area contributed by atoms with E-state index in [0.29, 0.717) is 19.2 Å². The van der Waals surface area contributed by atoms with E-state index in [4.69, 9.17) is 18.5 Å². The van der Waals surface area contributed by atoms with Gasteiger partial charge in [-0.15, -0.1) is 0 Å². The van der Waals surface area contributed by atoms with Crippen LogP contribution >= 0.6 is 7.60 Å². The summed E-state index contributed by atoms with van der Waals surface area (Å²) < 4.78 is 34.8. The molecular weight excluding hydrogens is 447 g/mol. The number of allylic oxidation sites excluding steroid dienone is 1.